The Morgan fingerprint density at radius 3 is 2.57 bits per heavy atom. The molecule has 7 rings (SSSR count). The number of amides is 4. The quantitative estimate of drug-likeness (QED) is 0.285. The lowest BCUT2D eigenvalue weighted by molar-refractivity contribution is -0.131. The van der Waals surface area contributed by atoms with E-state index >= 15 is 0 Å². The van der Waals surface area contributed by atoms with Crippen molar-refractivity contribution in [2.75, 3.05) is 14.2 Å². The molecule has 1 aliphatic carbocycles. The van der Waals surface area contributed by atoms with E-state index < -0.39 is 6.04 Å². The summed E-state index contributed by atoms with van der Waals surface area (Å²) in [5, 5.41) is 10.7. The number of para-hydroxylation sites is 1. The van der Waals surface area contributed by atoms with E-state index in [-0.39, 0.29) is 29.8 Å². The van der Waals surface area contributed by atoms with Gasteiger partial charge < -0.3 is 15.0 Å². The number of rotatable bonds is 4. The van der Waals surface area contributed by atoms with E-state index in [0.29, 0.717) is 11.4 Å². The maximum atomic E-state index is 12.3. The van der Waals surface area contributed by atoms with Crippen LogP contribution in [0.3, 0.4) is 0 Å². The van der Waals surface area contributed by atoms with Gasteiger partial charge in [-0.05, 0) is 60.7 Å². The summed E-state index contributed by atoms with van der Waals surface area (Å²) >= 11 is 6.09. The number of hydrogen-bond acceptors (Lipinski definition) is 5. The third-order valence-electron chi connectivity index (χ3n) is 8.66. The number of hydrogen-bond donors (Lipinski definition) is 2. The molecule has 3 atom stereocenters. The molecule has 2 aliphatic heterocycles. The topological polar surface area (TPSA) is 107 Å². The highest BCUT2D eigenvalue weighted by Gasteiger charge is 2.43. The molecular weight excluding hydrogens is 578 g/mol. The Balaban J connectivity index is 0.000000162. The third-order valence-corrected chi connectivity index (χ3v) is 8.98. The maximum absolute atomic E-state index is 12.3. The molecule has 0 bridgehead atoms. The van der Waals surface area contributed by atoms with Gasteiger partial charge in [-0.2, -0.15) is 5.10 Å². The van der Waals surface area contributed by atoms with Gasteiger partial charge in [-0.15, -0.1) is 0 Å². The first kappa shape index (κ1) is 29.4. The Morgan fingerprint density at radius 1 is 1.11 bits per heavy atom. The SMILES string of the molecule is CN1C(=O)N[C@H](Cc2c[nH]c3c(Cl)cccc23)C1=O.COc1ccc([C@H]2[C@H]3CCc4ccc(C)cc4C3=NN2C(C)=O)cc1. The molecular formula is C34H34ClN5O4. The molecule has 44 heavy (non-hydrogen) atoms. The molecule has 3 heterocycles. The van der Waals surface area contributed by atoms with Gasteiger partial charge in [0.25, 0.3) is 5.91 Å². The van der Waals surface area contributed by atoms with Crippen molar-refractivity contribution in [1.29, 1.82) is 0 Å². The van der Waals surface area contributed by atoms with E-state index in [4.69, 9.17) is 21.4 Å². The minimum absolute atomic E-state index is 0.0167. The van der Waals surface area contributed by atoms with Crippen LogP contribution in [-0.4, -0.2) is 58.6 Å². The monoisotopic (exact) mass is 611 g/mol. The van der Waals surface area contributed by atoms with Crippen LogP contribution in [-0.2, 0) is 22.4 Å². The number of nitrogens with zero attached hydrogens (tertiary/aromatic N) is 3. The first-order valence-electron chi connectivity index (χ1n) is 14.6. The number of halogens is 1. The summed E-state index contributed by atoms with van der Waals surface area (Å²) in [7, 11) is 3.14. The minimum atomic E-state index is -0.504. The van der Waals surface area contributed by atoms with Gasteiger partial charge in [-0.25, -0.2) is 9.80 Å². The van der Waals surface area contributed by atoms with Gasteiger partial charge in [0.05, 0.1) is 29.4 Å². The summed E-state index contributed by atoms with van der Waals surface area (Å²) in [5.41, 5.74) is 7.75. The van der Waals surface area contributed by atoms with Crippen molar-refractivity contribution in [3.05, 3.63) is 99.7 Å². The number of ether oxygens (including phenoxy) is 1. The molecule has 9 nitrogen and oxygen atoms in total. The van der Waals surface area contributed by atoms with Gasteiger partial charge in [0.1, 0.15) is 11.8 Å². The molecule has 226 valence electrons. The summed E-state index contributed by atoms with van der Waals surface area (Å²) in [6.45, 7) is 3.69. The van der Waals surface area contributed by atoms with Gasteiger partial charge in [-0.1, -0.05) is 53.6 Å². The first-order chi connectivity index (χ1) is 21.2. The molecule has 10 heteroatoms. The number of H-pyrrole nitrogens is 1. The number of aryl methyl sites for hydroxylation is 2. The van der Waals surface area contributed by atoms with Gasteiger partial charge in [-0.3, -0.25) is 14.5 Å². The molecule has 2 N–H and O–H groups in total. The van der Waals surface area contributed by atoms with Crippen molar-refractivity contribution in [2.45, 2.75) is 45.2 Å². The van der Waals surface area contributed by atoms with E-state index in [2.05, 4.69) is 35.4 Å². The van der Waals surface area contributed by atoms with Gasteiger partial charge in [0.15, 0.2) is 0 Å². The number of methoxy groups -OCH3 is 1. The molecule has 4 aromatic rings. The van der Waals surface area contributed by atoms with Crippen LogP contribution >= 0.6 is 11.6 Å². The number of aromatic nitrogens is 1. The molecule has 0 radical (unpaired) electrons. The van der Waals surface area contributed by atoms with E-state index in [0.717, 1.165) is 51.2 Å². The Hall–Kier alpha value is -4.63. The van der Waals surface area contributed by atoms with Crippen molar-refractivity contribution < 1.29 is 19.1 Å². The van der Waals surface area contributed by atoms with Crippen molar-refractivity contribution in [3.8, 4) is 5.75 Å². The Morgan fingerprint density at radius 2 is 1.89 bits per heavy atom. The molecule has 3 aliphatic rings. The highest BCUT2D eigenvalue weighted by atomic mass is 35.5. The number of nitrogens with one attached hydrogen (secondary N) is 2. The smallest absolute Gasteiger partial charge is 0.324 e. The lowest BCUT2D eigenvalue weighted by Gasteiger charge is -2.29. The molecule has 4 amide bonds. The van der Waals surface area contributed by atoms with Crippen LogP contribution in [0.1, 0.15) is 47.2 Å². The van der Waals surface area contributed by atoms with Crippen LogP contribution < -0.4 is 10.1 Å². The van der Waals surface area contributed by atoms with Crippen LogP contribution in [0.4, 0.5) is 4.79 Å². The zero-order chi connectivity index (χ0) is 31.1. The molecule has 1 saturated heterocycles. The Bertz CT molecular complexity index is 1800. The van der Waals surface area contributed by atoms with E-state index in [1.807, 2.05) is 42.6 Å². The fourth-order valence-corrected chi connectivity index (χ4v) is 6.59. The summed E-state index contributed by atoms with van der Waals surface area (Å²) < 4.78 is 5.26. The normalized spacial score (nSPS) is 20.5. The van der Waals surface area contributed by atoms with Crippen LogP contribution in [0.25, 0.3) is 10.9 Å². The lowest BCUT2D eigenvalue weighted by Crippen LogP contribution is -2.31. The van der Waals surface area contributed by atoms with Crippen molar-refractivity contribution in [1.82, 2.24) is 20.2 Å². The van der Waals surface area contributed by atoms with Gasteiger partial charge >= 0.3 is 6.03 Å². The average Bonchev–Trinajstić information content (AvgIpc) is 3.69. The van der Waals surface area contributed by atoms with Crippen molar-refractivity contribution >= 4 is 46.1 Å². The van der Waals surface area contributed by atoms with Crippen LogP contribution in [0.2, 0.25) is 5.02 Å². The largest absolute Gasteiger partial charge is 0.497 e. The highest BCUT2D eigenvalue weighted by molar-refractivity contribution is 6.35. The zero-order valence-corrected chi connectivity index (χ0v) is 25.8. The number of imide groups is 1. The number of fused-ring (bicyclic) bond motifs is 4. The molecule has 3 aromatic carbocycles. The maximum Gasteiger partial charge on any atom is 0.324 e. The number of urea groups is 1. The fourth-order valence-electron chi connectivity index (χ4n) is 6.36. The number of carbonyl (C=O) groups excluding carboxylic acids is 3. The summed E-state index contributed by atoms with van der Waals surface area (Å²) in [4.78, 5) is 39.7. The fraction of sp³-hybridized carbons (Fsp3) is 0.294. The van der Waals surface area contributed by atoms with Crippen molar-refractivity contribution in [3.63, 3.8) is 0 Å². The average molecular weight is 612 g/mol. The number of benzene rings is 3. The van der Waals surface area contributed by atoms with Crippen LogP contribution in [0, 0.1) is 12.8 Å². The zero-order valence-electron chi connectivity index (χ0n) is 25.1. The summed E-state index contributed by atoms with van der Waals surface area (Å²) in [6.07, 6.45) is 4.32. The minimum Gasteiger partial charge on any atom is -0.497 e. The second-order valence-electron chi connectivity index (χ2n) is 11.5. The Labute approximate surface area is 260 Å². The molecule has 1 fully saturated rings. The van der Waals surface area contributed by atoms with E-state index in [1.165, 1.54) is 23.7 Å². The molecule has 0 unspecified atom stereocenters. The first-order valence-corrected chi connectivity index (χ1v) is 15.0. The van der Waals surface area contributed by atoms with Gasteiger partial charge in [0.2, 0.25) is 5.91 Å². The Kier molecular flexibility index (Phi) is 7.90. The third kappa shape index (κ3) is 5.32. The summed E-state index contributed by atoms with van der Waals surface area (Å²) in [6, 6.07) is 19.3. The van der Waals surface area contributed by atoms with Gasteiger partial charge in [0, 0.05) is 43.5 Å². The van der Waals surface area contributed by atoms with Crippen LogP contribution in [0.15, 0.2) is 72.0 Å². The molecule has 0 saturated carbocycles. The number of hydrazone groups is 1. The number of carbonyl (C=O) groups is 3. The number of likely N-dealkylation sites (N-methyl/N-ethyl adjacent to an activating group) is 1. The number of aromatic amines is 1. The van der Waals surface area contributed by atoms with Crippen LogP contribution in [0.5, 0.6) is 5.75 Å². The van der Waals surface area contributed by atoms with E-state index in [1.54, 1.807) is 25.1 Å². The molecule has 1 aromatic heterocycles. The predicted octanol–water partition coefficient (Wildman–Crippen LogP) is 5.79. The lowest BCUT2D eigenvalue weighted by atomic mass is 9.77. The summed E-state index contributed by atoms with van der Waals surface area (Å²) in [5.74, 6) is 0.840. The second kappa shape index (κ2) is 11.8. The highest BCUT2D eigenvalue weighted by Crippen LogP contribution is 2.43. The van der Waals surface area contributed by atoms with Crippen molar-refractivity contribution in [2.24, 2.45) is 11.0 Å². The standard InChI is InChI=1S/C21H22N2O2.C13H12ClN3O2/c1-13-4-5-15-8-11-18-20(19(15)12-13)22-23(14(2)24)21(18)16-6-9-17(25-3)10-7-16;1-17-12(18)10(16-13(17)19)5-7-6-15-11-8(7)3-2-4-9(11)14/h4-7,9-10,12,18,21H,8,11H2,1-3H3;2-4,6,10,15H,5H2,1H3,(H,16,19)/t18-,21-;10-/m01/s1. The predicted molar refractivity (Wildman–Crippen MR) is 170 cm³/mol. The molecule has 0 spiro atoms. The van der Waals surface area contributed by atoms with E-state index in [9.17, 15) is 14.4 Å². The second-order valence-corrected chi connectivity index (χ2v) is 11.9.